The first-order valence-electron chi connectivity index (χ1n) is 7.81. The molecule has 0 aromatic carbocycles. The van der Waals surface area contributed by atoms with Crippen molar-refractivity contribution in [2.75, 3.05) is 53.1 Å². The van der Waals surface area contributed by atoms with E-state index < -0.39 is 0 Å². The van der Waals surface area contributed by atoms with Gasteiger partial charge in [0, 0.05) is 44.8 Å². The molecule has 2 fully saturated rings. The Morgan fingerprint density at radius 2 is 2.26 bits per heavy atom. The van der Waals surface area contributed by atoms with Gasteiger partial charge in [0.2, 0.25) is 0 Å². The largest absolute Gasteiger partial charge is 0.383 e. The fraction of sp³-hybridized carbons (Fsp3) is 1.00. The van der Waals surface area contributed by atoms with Gasteiger partial charge in [-0.2, -0.15) is 0 Å². The number of nitrogens with zero attached hydrogens (tertiary/aromatic N) is 1. The summed E-state index contributed by atoms with van der Waals surface area (Å²) in [6.07, 6.45) is 5.22. The van der Waals surface area contributed by atoms with Crippen molar-refractivity contribution in [1.29, 1.82) is 0 Å². The Morgan fingerprint density at radius 3 is 2.84 bits per heavy atom. The average molecular weight is 270 g/mol. The number of nitrogens with one attached hydrogen (secondary N) is 1. The van der Waals surface area contributed by atoms with E-state index in [0.717, 1.165) is 52.0 Å². The number of ether oxygens (including phenoxy) is 2. The second-order valence-corrected chi connectivity index (χ2v) is 6.13. The molecule has 1 heterocycles. The van der Waals surface area contributed by atoms with Crippen LogP contribution in [0.15, 0.2) is 0 Å². The molecule has 0 aromatic rings. The minimum absolute atomic E-state index is 0.310. The van der Waals surface area contributed by atoms with E-state index in [1.165, 1.54) is 25.7 Å². The van der Waals surface area contributed by atoms with Crippen molar-refractivity contribution in [3.63, 3.8) is 0 Å². The summed E-state index contributed by atoms with van der Waals surface area (Å²) in [7, 11) is 1.79. The summed E-state index contributed by atoms with van der Waals surface area (Å²) in [5, 5.41) is 3.54. The van der Waals surface area contributed by atoms with Crippen LogP contribution in [0.1, 0.15) is 32.6 Å². The summed E-state index contributed by atoms with van der Waals surface area (Å²) in [4.78, 5) is 2.63. The zero-order valence-corrected chi connectivity index (χ0v) is 12.6. The molecule has 1 atom stereocenters. The van der Waals surface area contributed by atoms with Crippen molar-refractivity contribution < 1.29 is 9.47 Å². The van der Waals surface area contributed by atoms with Gasteiger partial charge in [-0.3, -0.25) is 4.90 Å². The van der Waals surface area contributed by atoms with Crippen LogP contribution in [0.2, 0.25) is 0 Å². The van der Waals surface area contributed by atoms with E-state index >= 15 is 0 Å². The standard InChI is InChI=1S/C15H30N2O2/c1-3-16-11-15(7-4-9-19-13-15)12-17(8-10-18-2)14-5-6-14/h14,16H,3-13H2,1-2H3. The molecule has 2 rings (SSSR count). The third-order valence-corrected chi connectivity index (χ3v) is 4.34. The van der Waals surface area contributed by atoms with Crippen LogP contribution in [0.25, 0.3) is 0 Å². The van der Waals surface area contributed by atoms with Crippen molar-refractivity contribution in [2.45, 2.75) is 38.6 Å². The molecule has 1 unspecified atom stereocenters. The van der Waals surface area contributed by atoms with Gasteiger partial charge < -0.3 is 14.8 Å². The summed E-state index contributed by atoms with van der Waals surface area (Å²) < 4.78 is 11.1. The molecule has 2 aliphatic rings. The SMILES string of the molecule is CCNCC1(CN(CCOC)C2CC2)CCCOC1. The van der Waals surface area contributed by atoms with Crippen LogP contribution in [0.5, 0.6) is 0 Å². The maximum Gasteiger partial charge on any atom is 0.0589 e. The molecule has 4 nitrogen and oxygen atoms in total. The van der Waals surface area contributed by atoms with Gasteiger partial charge in [0.1, 0.15) is 0 Å². The van der Waals surface area contributed by atoms with Crippen molar-refractivity contribution in [2.24, 2.45) is 5.41 Å². The van der Waals surface area contributed by atoms with Gasteiger partial charge in [-0.1, -0.05) is 6.92 Å². The molecule has 1 N–H and O–H groups in total. The molecule has 1 aliphatic carbocycles. The number of methoxy groups -OCH3 is 1. The summed E-state index contributed by atoms with van der Waals surface area (Å²) >= 11 is 0. The van der Waals surface area contributed by atoms with Gasteiger partial charge in [-0.25, -0.2) is 0 Å². The molecular formula is C15H30N2O2. The molecule has 4 heteroatoms. The Labute approximate surface area is 117 Å². The van der Waals surface area contributed by atoms with Crippen LogP contribution in [0.4, 0.5) is 0 Å². The van der Waals surface area contributed by atoms with E-state index in [4.69, 9.17) is 9.47 Å². The highest BCUT2D eigenvalue weighted by atomic mass is 16.5. The first-order valence-corrected chi connectivity index (χ1v) is 7.81. The van der Waals surface area contributed by atoms with Gasteiger partial charge in [0.05, 0.1) is 13.2 Å². The smallest absolute Gasteiger partial charge is 0.0589 e. The molecule has 0 spiro atoms. The van der Waals surface area contributed by atoms with Crippen molar-refractivity contribution >= 4 is 0 Å². The number of hydrogen-bond donors (Lipinski definition) is 1. The maximum absolute atomic E-state index is 5.79. The van der Waals surface area contributed by atoms with Crippen LogP contribution in [-0.2, 0) is 9.47 Å². The molecule has 1 saturated carbocycles. The van der Waals surface area contributed by atoms with Crippen LogP contribution < -0.4 is 5.32 Å². The number of hydrogen-bond acceptors (Lipinski definition) is 4. The van der Waals surface area contributed by atoms with Crippen LogP contribution in [-0.4, -0.2) is 64.1 Å². The lowest BCUT2D eigenvalue weighted by atomic mass is 9.81. The summed E-state index contributed by atoms with van der Waals surface area (Å²) in [6.45, 7) is 9.23. The predicted molar refractivity (Wildman–Crippen MR) is 77.5 cm³/mol. The zero-order valence-electron chi connectivity index (χ0n) is 12.6. The highest BCUT2D eigenvalue weighted by molar-refractivity contribution is 4.92. The summed E-state index contributed by atoms with van der Waals surface area (Å²) in [5.74, 6) is 0. The van der Waals surface area contributed by atoms with Crippen molar-refractivity contribution in [3.05, 3.63) is 0 Å². The molecule has 0 radical (unpaired) electrons. The molecule has 1 aliphatic heterocycles. The Balaban J connectivity index is 1.91. The fourth-order valence-electron chi connectivity index (χ4n) is 3.09. The second-order valence-electron chi connectivity index (χ2n) is 6.13. The molecule has 0 bridgehead atoms. The van der Waals surface area contributed by atoms with Crippen LogP contribution in [0.3, 0.4) is 0 Å². The van der Waals surface area contributed by atoms with Gasteiger partial charge in [-0.05, 0) is 32.2 Å². The minimum atomic E-state index is 0.310. The molecule has 0 aromatic heterocycles. The highest BCUT2D eigenvalue weighted by Crippen LogP contribution is 2.34. The van der Waals surface area contributed by atoms with Crippen LogP contribution >= 0.6 is 0 Å². The zero-order chi connectivity index (χ0) is 13.6. The Hall–Kier alpha value is -0.160. The fourth-order valence-corrected chi connectivity index (χ4v) is 3.09. The van der Waals surface area contributed by atoms with E-state index in [-0.39, 0.29) is 0 Å². The number of rotatable bonds is 9. The lowest BCUT2D eigenvalue weighted by Crippen LogP contribution is -2.50. The topological polar surface area (TPSA) is 33.7 Å². The third kappa shape index (κ3) is 4.71. The monoisotopic (exact) mass is 270 g/mol. The van der Waals surface area contributed by atoms with Gasteiger partial charge in [0.15, 0.2) is 0 Å². The molecule has 19 heavy (non-hydrogen) atoms. The van der Waals surface area contributed by atoms with Crippen molar-refractivity contribution in [1.82, 2.24) is 10.2 Å². The normalized spacial score (nSPS) is 27.9. The second kappa shape index (κ2) is 7.58. The molecule has 1 saturated heterocycles. The highest BCUT2D eigenvalue weighted by Gasteiger charge is 2.38. The van der Waals surface area contributed by atoms with E-state index in [1.807, 2.05) is 0 Å². The Kier molecular flexibility index (Phi) is 6.07. The van der Waals surface area contributed by atoms with Gasteiger partial charge in [0.25, 0.3) is 0 Å². The summed E-state index contributed by atoms with van der Waals surface area (Å²) in [6, 6.07) is 0.801. The summed E-state index contributed by atoms with van der Waals surface area (Å²) in [5.41, 5.74) is 0.310. The van der Waals surface area contributed by atoms with Crippen molar-refractivity contribution in [3.8, 4) is 0 Å². The molecular weight excluding hydrogens is 240 g/mol. The first-order chi connectivity index (χ1) is 9.29. The lowest BCUT2D eigenvalue weighted by molar-refractivity contribution is -0.0301. The predicted octanol–water partition coefficient (Wildman–Crippen LogP) is 1.50. The van der Waals surface area contributed by atoms with Crippen LogP contribution in [0, 0.1) is 5.41 Å². The van der Waals surface area contributed by atoms with E-state index in [0.29, 0.717) is 5.41 Å². The van der Waals surface area contributed by atoms with Gasteiger partial charge in [-0.15, -0.1) is 0 Å². The first kappa shape index (κ1) is 15.2. The molecule has 112 valence electrons. The minimum Gasteiger partial charge on any atom is -0.383 e. The third-order valence-electron chi connectivity index (χ3n) is 4.34. The molecule has 0 amide bonds. The maximum atomic E-state index is 5.79. The van der Waals surface area contributed by atoms with E-state index in [9.17, 15) is 0 Å². The van der Waals surface area contributed by atoms with E-state index in [2.05, 4.69) is 17.1 Å². The lowest BCUT2D eigenvalue weighted by Gasteiger charge is -2.41. The Bertz CT molecular complexity index is 251. The average Bonchev–Trinajstić information content (AvgIpc) is 3.27. The van der Waals surface area contributed by atoms with Gasteiger partial charge >= 0.3 is 0 Å². The van der Waals surface area contributed by atoms with E-state index in [1.54, 1.807) is 7.11 Å². The Morgan fingerprint density at radius 1 is 1.42 bits per heavy atom. The quantitative estimate of drug-likeness (QED) is 0.688.